The van der Waals surface area contributed by atoms with Gasteiger partial charge in [0.05, 0.1) is 0 Å². The zero-order valence-electron chi connectivity index (χ0n) is 10.5. The van der Waals surface area contributed by atoms with E-state index in [4.69, 9.17) is 0 Å². The van der Waals surface area contributed by atoms with Crippen LogP contribution in [0, 0.1) is 11.8 Å². The van der Waals surface area contributed by atoms with Crippen LogP contribution in [0.1, 0.15) is 52.0 Å². The van der Waals surface area contributed by atoms with Crippen LogP contribution >= 0.6 is 0 Å². The van der Waals surface area contributed by atoms with Gasteiger partial charge in [-0.15, -0.1) is 0 Å². The molecule has 83 valence electrons. The Labute approximate surface area is 94.7 Å². The first-order valence-corrected chi connectivity index (χ1v) is 6.11. The molecular weight excluding hydrogens is 180 g/mol. The normalized spacial score (nSPS) is 13.5. The summed E-state index contributed by atoms with van der Waals surface area (Å²) in [7, 11) is 0. The van der Waals surface area contributed by atoms with Gasteiger partial charge < -0.3 is 0 Å². The quantitative estimate of drug-likeness (QED) is 0.643. The van der Waals surface area contributed by atoms with Gasteiger partial charge in [-0.1, -0.05) is 58.0 Å². The molecule has 0 aliphatic rings. The fraction of sp³-hybridized carbons (Fsp3) is 0.533. The van der Waals surface area contributed by atoms with E-state index in [0.717, 1.165) is 0 Å². The SMILES string of the molecule is CC[C](C(C)C)C(CC)c1ccccc1. The van der Waals surface area contributed by atoms with Crippen LogP contribution in [0.5, 0.6) is 0 Å². The van der Waals surface area contributed by atoms with Gasteiger partial charge in [-0.2, -0.15) is 0 Å². The Hall–Kier alpha value is -0.780. The summed E-state index contributed by atoms with van der Waals surface area (Å²) in [6.45, 7) is 9.19. The highest BCUT2D eigenvalue weighted by Gasteiger charge is 2.23. The number of rotatable bonds is 5. The highest BCUT2D eigenvalue weighted by Crippen LogP contribution is 2.36. The average molecular weight is 203 g/mol. The lowest BCUT2D eigenvalue weighted by molar-refractivity contribution is 0.506. The molecule has 1 radical (unpaired) electrons. The Morgan fingerprint density at radius 3 is 2.07 bits per heavy atom. The van der Waals surface area contributed by atoms with Crippen LogP contribution in [0.25, 0.3) is 0 Å². The smallest absolute Gasteiger partial charge is 0.01000 e. The Kier molecular flexibility index (Phi) is 4.87. The molecule has 0 amide bonds. The molecule has 0 aliphatic carbocycles. The van der Waals surface area contributed by atoms with Crippen molar-refractivity contribution in [2.45, 2.75) is 46.5 Å². The zero-order chi connectivity index (χ0) is 11.3. The fourth-order valence-electron chi connectivity index (χ4n) is 2.45. The third kappa shape index (κ3) is 3.09. The van der Waals surface area contributed by atoms with E-state index in [0.29, 0.717) is 11.8 Å². The van der Waals surface area contributed by atoms with E-state index in [1.54, 1.807) is 5.92 Å². The van der Waals surface area contributed by atoms with Gasteiger partial charge in [0, 0.05) is 0 Å². The lowest BCUT2D eigenvalue weighted by Crippen LogP contribution is -2.15. The van der Waals surface area contributed by atoms with Crippen molar-refractivity contribution in [1.29, 1.82) is 0 Å². The Morgan fingerprint density at radius 1 is 1.07 bits per heavy atom. The monoisotopic (exact) mass is 203 g/mol. The van der Waals surface area contributed by atoms with Crippen molar-refractivity contribution in [3.63, 3.8) is 0 Å². The summed E-state index contributed by atoms with van der Waals surface area (Å²) in [5.74, 6) is 3.03. The van der Waals surface area contributed by atoms with Crippen molar-refractivity contribution in [3.05, 3.63) is 41.8 Å². The molecule has 0 aromatic heterocycles. The predicted octanol–water partition coefficient (Wildman–Crippen LogP) is 4.82. The van der Waals surface area contributed by atoms with Crippen LogP contribution in [-0.4, -0.2) is 0 Å². The number of hydrogen-bond acceptors (Lipinski definition) is 0. The van der Waals surface area contributed by atoms with Crippen LogP contribution in [0.3, 0.4) is 0 Å². The van der Waals surface area contributed by atoms with Gasteiger partial charge in [0.1, 0.15) is 0 Å². The van der Waals surface area contributed by atoms with E-state index in [9.17, 15) is 0 Å². The maximum Gasteiger partial charge on any atom is -0.01000 e. The summed E-state index contributed by atoms with van der Waals surface area (Å²) in [6, 6.07) is 10.9. The summed E-state index contributed by atoms with van der Waals surface area (Å²) in [6.07, 6.45) is 2.41. The Bertz CT molecular complexity index is 261. The van der Waals surface area contributed by atoms with Crippen molar-refractivity contribution in [2.24, 2.45) is 5.92 Å². The lowest BCUT2D eigenvalue weighted by Gasteiger charge is -2.28. The summed E-state index contributed by atoms with van der Waals surface area (Å²) in [5.41, 5.74) is 1.48. The van der Waals surface area contributed by atoms with Crippen LogP contribution in [-0.2, 0) is 0 Å². The molecule has 0 aliphatic heterocycles. The molecule has 0 nitrogen and oxygen atoms in total. The molecule has 0 heterocycles. The van der Waals surface area contributed by atoms with Crippen molar-refractivity contribution >= 4 is 0 Å². The van der Waals surface area contributed by atoms with Crippen molar-refractivity contribution in [1.82, 2.24) is 0 Å². The molecule has 0 saturated heterocycles. The topological polar surface area (TPSA) is 0 Å². The minimum Gasteiger partial charge on any atom is -0.0648 e. The van der Waals surface area contributed by atoms with E-state index < -0.39 is 0 Å². The summed E-state index contributed by atoms with van der Waals surface area (Å²) >= 11 is 0. The highest BCUT2D eigenvalue weighted by molar-refractivity contribution is 5.26. The maximum absolute atomic E-state index is 2.31. The first kappa shape index (κ1) is 12.3. The van der Waals surface area contributed by atoms with E-state index in [2.05, 4.69) is 58.0 Å². The standard InChI is InChI=1S/C15H23/c1-5-14(12(3)4)15(6-2)13-10-8-7-9-11-13/h7-12,15H,5-6H2,1-4H3. The zero-order valence-corrected chi connectivity index (χ0v) is 10.5. The number of benzene rings is 1. The van der Waals surface area contributed by atoms with Crippen LogP contribution in [0.4, 0.5) is 0 Å². The summed E-state index contributed by atoms with van der Waals surface area (Å²) in [4.78, 5) is 0. The largest absolute Gasteiger partial charge is 0.0648 e. The summed E-state index contributed by atoms with van der Waals surface area (Å²) < 4.78 is 0. The first-order chi connectivity index (χ1) is 7.20. The predicted molar refractivity (Wildman–Crippen MR) is 67.8 cm³/mol. The Morgan fingerprint density at radius 2 is 1.67 bits per heavy atom. The Balaban J connectivity index is 2.87. The van der Waals surface area contributed by atoms with Crippen LogP contribution in [0.15, 0.2) is 30.3 Å². The second kappa shape index (κ2) is 5.95. The minimum absolute atomic E-state index is 0.649. The minimum atomic E-state index is 0.649. The molecule has 0 N–H and O–H groups in total. The van der Waals surface area contributed by atoms with Crippen molar-refractivity contribution in [3.8, 4) is 0 Å². The average Bonchev–Trinajstić information content (AvgIpc) is 2.26. The lowest BCUT2D eigenvalue weighted by atomic mass is 9.76. The third-order valence-electron chi connectivity index (χ3n) is 3.21. The van der Waals surface area contributed by atoms with Crippen molar-refractivity contribution in [2.75, 3.05) is 0 Å². The second-order valence-electron chi connectivity index (χ2n) is 4.45. The van der Waals surface area contributed by atoms with Gasteiger partial charge in [-0.25, -0.2) is 0 Å². The van der Waals surface area contributed by atoms with Crippen molar-refractivity contribution < 1.29 is 0 Å². The van der Waals surface area contributed by atoms with Gasteiger partial charge in [0.25, 0.3) is 0 Å². The molecule has 1 aromatic carbocycles. The van der Waals surface area contributed by atoms with Crippen LogP contribution in [0.2, 0.25) is 0 Å². The number of hydrogen-bond donors (Lipinski definition) is 0. The van der Waals surface area contributed by atoms with E-state index >= 15 is 0 Å². The molecule has 1 unspecified atom stereocenters. The van der Waals surface area contributed by atoms with Gasteiger partial charge in [0.15, 0.2) is 0 Å². The van der Waals surface area contributed by atoms with E-state index in [-0.39, 0.29) is 0 Å². The maximum atomic E-state index is 2.31. The molecular formula is C15H23. The molecule has 0 heteroatoms. The molecule has 1 rings (SSSR count). The van der Waals surface area contributed by atoms with Gasteiger partial charge in [-0.3, -0.25) is 0 Å². The third-order valence-corrected chi connectivity index (χ3v) is 3.21. The van der Waals surface area contributed by atoms with E-state index in [1.807, 2.05) is 0 Å². The highest BCUT2D eigenvalue weighted by atomic mass is 14.3. The summed E-state index contributed by atoms with van der Waals surface area (Å²) in [5, 5.41) is 0. The molecule has 0 bridgehead atoms. The molecule has 0 saturated carbocycles. The van der Waals surface area contributed by atoms with Gasteiger partial charge in [0.2, 0.25) is 0 Å². The molecule has 0 fully saturated rings. The van der Waals surface area contributed by atoms with Crippen LogP contribution < -0.4 is 0 Å². The molecule has 0 spiro atoms. The fourth-order valence-corrected chi connectivity index (χ4v) is 2.45. The molecule has 1 atom stereocenters. The van der Waals surface area contributed by atoms with Gasteiger partial charge in [-0.05, 0) is 36.2 Å². The molecule has 1 aromatic rings. The second-order valence-corrected chi connectivity index (χ2v) is 4.45. The van der Waals surface area contributed by atoms with E-state index in [1.165, 1.54) is 18.4 Å². The molecule has 15 heavy (non-hydrogen) atoms. The first-order valence-electron chi connectivity index (χ1n) is 6.11. The van der Waals surface area contributed by atoms with Gasteiger partial charge >= 0.3 is 0 Å².